The largest absolute Gasteiger partial charge is 0.493 e. The lowest BCUT2D eigenvalue weighted by Crippen LogP contribution is -2.20. The highest BCUT2D eigenvalue weighted by Crippen LogP contribution is 2.29. The van der Waals surface area contributed by atoms with Gasteiger partial charge in [-0.05, 0) is 29.7 Å². The van der Waals surface area contributed by atoms with Crippen molar-refractivity contribution in [3.63, 3.8) is 0 Å². The highest BCUT2D eigenvalue weighted by molar-refractivity contribution is 5.91. The van der Waals surface area contributed by atoms with Crippen LogP contribution in [0.5, 0.6) is 11.5 Å². The summed E-state index contributed by atoms with van der Waals surface area (Å²) in [6.45, 7) is 4.78. The van der Waals surface area contributed by atoms with Gasteiger partial charge in [-0.25, -0.2) is 0 Å². The summed E-state index contributed by atoms with van der Waals surface area (Å²) in [6, 6.07) is 11.7. The SMILES string of the molecule is COc1cc(C=CC(=O)NCc2ccccc2[N+](=O)[O-])ccc1OCC(C)C. The number of carbonyl (C=O) groups excluding carboxylic acids is 1. The Bertz CT molecular complexity index is 862. The van der Waals surface area contributed by atoms with Crippen molar-refractivity contribution in [1.82, 2.24) is 5.32 Å². The maximum Gasteiger partial charge on any atom is 0.274 e. The van der Waals surface area contributed by atoms with Crippen molar-refractivity contribution in [2.75, 3.05) is 13.7 Å². The van der Waals surface area contributed by atoms with Gasteiger partial charge in [-0.3, -0.25) is 14.9 Å². The Morgan fingerprint density at radius 1 is 1.21 bits per heavy atom. The van der Waals surface area contributed by atoms with Crippen LogP contribution in [0.1, 0.15) is 25.0 Å². The van der Waals surface area contributed by atoms with Gasteiger partial charge in [0.1, 0.15) is 0 Å². The van der Waals surface area contributed by atoms with Crippen molar-refractivity contribution in [2.45, 2.75) is 20.4 Å². The van der Waals surface area contributed by atoms with Crippen molar-refractivity contribution in [3.8, 4) is 11.5 Å². The van der Waals surface area contributed by atoms with Gasteiger partial charge in [0.15, 0.2) is 11.5 Å². The maximum absolute atomic E-state index is 12.0. The Balaban J connectivity index is 1.99. The number of rotatable bonds is 9. The minimum atomic E-state index is -0.466. The summed E-state index contributed by atoms with van der Waals surface area (Å²) in [5.74, 6) is 1.28. The van der Waals surface area contributed by atoms with Crippen molar-refractivity contribution in [3.05, 3.63) is 69.8 Å². The van der Waals surface area contributed by atoms with E-state index in [0.29, 0.717) is 29.6 Å². The number of nitrogens with zero attached hydrogens (tertiary/aromatic N) is 1. The lowest BCUT2D eigenvalue weighted by molar-refractivity contribution is -0.385. The van der Waals surface area contributed by atoms with Crippen LogP contribution in [0.15, 0.2) is 48.5 Å². The molecule has 28 heavy (non-hydrogen) atoms. The molecule has 0 heterocycles. The molecule has 1 N–H and O–H groups in total. The number of para-hydroxylation sites is 1. The van der Waals surface area contributed by atoms with E-state index in [2.05, 4.69) is 19.2 Å². The highest BCUT2D eigenvalue weighted by atomic mass is 16.6. The van der Waals surface area contributed by atoms with Gasteiger partial charge in [0, 0.05) is 24.3 Å². The molecule has 2 aromatic carbocycles. The predicted octanol–water partition coefficient (Wildman–Crippen LogP) is 3.97. The fraction of sp³-hybridized carbons (Fsp3) is 0.286. The molecule has 0 saturated heterocycles. The molecule has 148 valence electrons. The van der Waals surface area contributed by atoms with E-state index < -0.39 is 4.92 Å². The fourth-order valence-corrected chi connectivity index (χ4v) is 2.42. The lowest BCUT2D eigenvalue weighted by atomic mass is 10.1. The number of nitro benzene ring substituents is 1. The van der Waals surface area contributed by atoms with E-state index in [0.717, 1.165) is 5.56 Å². The van der Waals surface area contributed by atoms with Crippen molar-refractivity contribution in [2.24, 2.45) is 5.92 Å². The molecular weight excluding hydrogens is 360 g/mol. The van der Waals surface area contributed by atoms with Crippen LogP contribution in [-0.2, 0) is 11.3 Å². The van der Waals surface area contributed by atoms with Crippen molar-refractivity contribution < 1.29 is 19.2 Å². The fourth-order valence-electron chi connectivity index (χ4n) is 2.42. The van der Waals surface area contributed by atoms with Gasteiger partial charge in [0.25, 0.3) is 5.69 Å². The van der Waals surface area contributed by atoms with Gasteiger partial charge in [0.05, 0.1) is 18.6 Å². The van der Waals surface area contributed by atoms with E-state index in [1.165, 1.54) is 12.1 Å². The van der Waals surface area contributed by atoms with Crippen molar-refractivity contribution in [1.29, 1.82) is 0 Å². The topological polar surface area (TPSA) is 90.7 Å². The summed E-state index contributed by atoms with van der Waals surface area (Å²) in [7, 11) is 1.56. The van der Waals surface area contributed by atoms with Gasteiger partial charge in [0.2, 0.25) is 5.91 Å². The third-order valence-corrected chi connectivity index (χ3v) is 3.83. The molecule has 0 radical (unpaired) electrons. The van der Waals surface area contributed by atoms with Crippen LogP contribution in [0.4, 0.5) is 5.69 Å². The van der Waals surface area contributed by atoms with Crippen LogP contribution >= 0.6 is 0 Å². The molecule has 0 fully saturated rings. The van der Waals surface area contributed by atoms with E-state index in [1.54, 1.807) is 43.5 Å². The molecule has 0 aromatic heterocycles. The molecule has 0 spiro atoms. The molecule has 0 saturated carbocycles. The summed E-state index contributed by atoms with van der Waals surface area (Å²) in [6.07, 6.45) is 3.02. The maximum atomic E-state index is 12.0. The molecule has 2 rings (SSSR count). The van der Waals surface area contributed by atoms with Crippen molar-refractivity contribution >= 4 is 17.7 Å². The summed E-state index contributed by atoms with van der Waals surface area (Å²) in [5.41, 5.74) is 1.20. The van der Waals surface area contributed by atoms with E-state index >= 15 is 0 Å². The zero-order valence-corrected chi connectivity index (χ0v) is 16.2. The molecule has 7 heteroatoms. The molecule has 0 unspecified atom stereocenters. The summed E-state index contributed by atoms with van der Waals surface area (Å²) >= 11 is 0. The Kier molecular flexibility index (Phi) is 7.56. The van der Waals surface area contributed by atoms with Gasteiger partial charge >= 0.3 is 0 Å². The molecule has 0 atom stereocenters. The van der Waals surface area contributed by atoms with E-state index in [9.17, 15) is 14.9 Å². The lowest BCUT2D eigenvalue weighted by Gasteiger charge is -2.12. The molecule has 2 aromatic rings. The normalized spacial score (nSPS) is 10.9. The number of nitrogens with one attached hydrogen (secondary N) is 1. The Labute approximate surface area is 164 Å². The van der Waals surface area contributed by atoms with Gasteiger partial charge in [-0.1, -0.05) is 38.1 Å². The second-order valence-electron chi connectivity index (χ2n) is 6.55. The molecule has 0 aliphatic carbocycles. The molecule has 0 aliphatic rings. The van der Waals surface area contributed by atoms with Crippen LogP contribution < -0.4 is 14.8 Å². The Morgan fingerprint density at radius 3 is 2.64 bits per heavy atom. The summed E-state index contributed by atoms with van der Waals surface area (Å²) in [5, 5.41) is 13.7. The predicted molar refractivity (Wildman–Crippen MR) is 107 cm³/mol. The number of carbonyl (C=O) groups is 1. The number of methoxy groups -OCH3 is 1. The number of nitro groups is 1. The summed E-state index contributed by atoms with van der Waals surface area (Å²) < 4.78 is 11.0. The smallest absolute Gasteiger partial charge is 0.274 e. The Hall–Kier alpha value is -3.35. The first-order chi connectivity index (χ1) is 13.4. The van der Waals surface area contributed by atoms with Crippen LogP contribution in [-0.4, -0.2) is 24.5 Å². The van der Waals surface area contributed by atoms with Crippen LogP contribution in [0.3, 0.4) is 0 Å². The highest BCUT2D eigenvalue weighted by Gasteiger charge is 2.12. The second kappa shape index (κ2) is 10.1. The van der Waals surface area contributed by atoms with Gasteiger partial charge in [-0.2, -0.15) is 0 Å². The van der Waals surface area contributed by atoms with Crippen LogP contribution in [0, 0.1) is 16.0 Å². The molecule has 1 amide bonds. The average Bonchev–Trinajstić information content (AvgIpc) is 2.69. The summed E-state index contributed by atoms with van der Waals surface area (Å²) in [4.78, 5) is 22.6. The van der Waals surface area contributed by atoms with E-state index in [4.69, 9.17) is 9.47 Å². The van der Waals surface area contributed by atoms with Crippen LogP contribution in [0.2, 0.25) is 0 Å². The minimum Gasteiger partial charge on any atom is -0.493 e. The van der Waals surface area contributed by atoms with E-state index in [1.807, 2.05) is 6.07 Å². The first-order valence-electron chi connectivity index (χ1n) is 8.89. The number of hydrogen-bond acceptors (Lipinski definition) is 5. The van der Waals surface area contributed by atoms with Crippen LogP contribution in [0.25, 0.3) is 6.08 Å². The first kappa shape index (κ1) is 21.0. The molecule has 7 nitrogen and oxygen atoms in total. The first-order valence-corrected chi connectivity index (χ1v) is 8.89. The third kappa shape index (κ3) is 6.12. The zero-order valence-electron chi connectivity index (χ0n) is 16.2. The van der Waals surface area contributed by atoms with Gasteiger partial charge in [-0.15, -0.1) is 0 Å². The third-order valence-electron chi connectivity index (χ3n) is 3.83. The number of hydrogen-bond donors (Lipinski definition) is 1. The minimum absolute atomic E-state index is 0.0199. The Morgan fingerprint density at radius 2 is 1.96 bits per heavy atom. The number of benzene rings is 2. The average molecular weight is 384 g/mol. The standard InChI is InChI=1S/C21H24N2O5/c1-15(2)14-28-19-10-8-16(12-20(19)27-3)9-11-21(24)22-13-17-6-4-5-7-18(17)23(25)26/h4-12,15H,13-14H2,1-3H3,(H,22,24). The second-order valence-corrected chi connectivity index (χ2v) is 6.55. The zero-order chi connectivity index (χ0) is 20.5. The quantitative estimate of drug-likeness (QED) is 0.401. The monoisotopic (exact) mass is 384 g/mol. The number of amides is 1. The molecular formula is C21H24N2O5. The molecule has 0 bridgehead atoms. The number of ether oxygens (including phenoxy) is 2. The molecule has 0 aliphatic heterocycles. The van der Waals surface area contributed by atoms with Gasteiger partial charge < -0.3 is 14.8 Å². The van der Waals surface area contributed by atoms with E-state index in [-0.39, 0.29) is 18.1 Å².